The van der Waals surface area contributed by atoms with Crippen molar-refractivity contribution in [3.8, 4) is 0 Å². The maximum Gasteiger partial charge on any atom is 0.416 e. The topological polar surface area (TPSA) is 23.6 Å². The number of halogens is 4. The molecule has 1 saturated heterocycles. The van der Waals surface area contributed by atoms with E-state index < -0.39 is 11.7 Å². The summed E-state index contributed by atoms with van der Waals surface area (Å²) in [6.45, 7) is 10.7. The smallest absolute Gasteiger partial charge is 0.342 e. The molecule has 0 spiro atoms. The van der Waals surface area contributed by atoms with Crippen molar-refractivity contribution in [1.29, 1.82) is 0 Å². The number of hydrogen-bond donors (Lipinski definition) is 0. The van der Waals surface area contributed by atoms with Crippen LogP contribution in [-0.4, -0.2) is 41.9 Å². The summed E-state index contributed by atoms with van der Waals surface area (Å²) in [7, 11) is 0. The Kier molecular flexibility index (Phi) is 8.39. The van der Waals surface area contributed by atoms with E-state index in [1.54, 1.807) is 12.1 Å². The fraction of sp³-hybridized carbons (Fsp3) is 0.519. The van der Waals surface area contributed by atoms with Crippen molar-refractivity contribution >= 4 is 5.91 Å². The van der Waals surface area contributed by atoms with Crippen molar-refractivity contribution in [2.45, 2.75) is 46.3 Å². The Labute approximate surface area is 199 Å². The van der Waals surface area contributed by atoms with Gasteiger partial charge in [0.25, 0.3) is 0 Å². The predicted octanol–water partition coefficient (Wildman–Crippen LogP) is 6.20. The van der Waals surface area contributed by atoms with Gasteiger partial charge in [-0.1, -0.05) is 58.0 Å². The third kappa shape index (κ3) is 6.81. The van der Waals surface area contributed by atoms with Gasteiger partial charge >= 0.3 is 6.18 Å². The number of benzene rings is 2. The van der Waals surface area contributed by atoms with Gasteiger partial charge in [-0.05, 0) is 41.2 Å². The molecule has 0 saturated carbocycles. The van der Waals surface area contributed by atoms with Crippen molar-refractivity contribution in [2.75, 3.05) is 26.2 Å². The monoisotopic (exact) mass is 478 g/mol. The van der Waals surface area contributed by atoms with Crippen LogP contribution in [0.5, 0.6) is 0 Å². The van der Waals surface area contributed by atoms with Crippen LogP contribution in [0.15, 0.2) is 48.5 Å². The number of carbonyl (C=O) groups excluding carboxylic acids is 1. The second kappa shape index (κ2) is 10.9. The zero-order chi connectivity index (χ0) is 25.0. The first-order valence-electron chi connectivity index (χ1n) is 11.9. The lowest BCUT2D eigenvalue weighted by Crippen LogP contribution is -2.41. The average molecular weight is 479 g/mol. The van der Waals surface area contributed by atoms with E-state index in [1.165, 1.54) is 24.3 Å². The molecule has 0 radical (unpaired) electrons. The standard InChI is InChI=1S/C27H34F4N2O/c1-18(2)13-33(26(34)19(3)4)16-22-15-32(17-25(22)21-8-6-10-24(28)12-21)14-20-7-5-9-23(11-20)27(29,30)31/h5-12,18-19,22,25H,13-17H2,1-4H3/t22-,25-/m1/s1. The molecule has 1 aliphatic rings. The van der Waals surface area contributed by atoms with E-state index in [1.807, 2.05) is 24.8 Å². The molecule has 1 amide bonds. The SMILES string of the molecule is CC(C)CN(C[C@H]1CN(Cc2cccc(C(F)(F)F)c2)C[C@@H]1c1cccc(F)c1)C(=O)C(C)C. The Hall–Kier alpha value is -2.41. The van der Waals surface area contributed by atoms with Gasteiger partial charge < -0.3 is 4.90 Å². The summed E-state index contributed by atoms with van der Waals surface area (Å²) in [6, 6.07) is 11.9. The molecule has 186 valence electrons. The van der Waals surface area contributed by atoms with Crippen LogP contribution < -0.4 is 0 Å². The summed E-state index contributed by atoms with van der Waals surface area (Å²) in [4.78, 5) is 16.9. The van der Waals surface area contributed by atoms with Crippen LogP contribution in [-0.2, 0) is 17.5 Å². The first kappa shape index (κ1) is 26.2. The summed E-state index contributed by atoms with van der Waals surface area (Å²) < 4.78 is 53.5. The van der Waals surface area contributed by atoms with Crippen LogP contribution in [0.4, 0.5) is 17.6 Å². The van der Waals surface area contributed by atoms with Crippen molar-refractivity contribution in [2.24, 2.45) is 17.8 Å². The minimum absolute atomic E-state index is 0.0175. The Balaban J connectivity index is 1.85. The zero-order valence-electron chi connectivity index (χ0n) is 20.3. The van der Waals surface area contributed by atoms with E-state index in [9.17, 15) is 22.4 Å². The minimum Gasteiger partial charge on any atom is -0.342 e. The molecule has 34 heavy (non-hydrogen) atoms. The summed E-state index contributed by atoms with van der Waals surface area (Å²) >= 11 is 0. The molecule has 0 bridgehead atoms. The molecular formula is C27H34F4N2O. The molecule has 1 heterocycles. The lowest BCUT2D eigenvalue weighted by Gasteiger charge is -2.31. The van der Waals surface area contributed by atoms with Crippen LogP contribution in [0.1, 0.15) is 50.3 Å². The molecule has 0 unspecified atom stereocenters. The second-order valence-electron chi connectivity index (χ2n) is 10.1. The van der Waals surface area contributed by atoms with Gasteiger partial charge in [-0.3, -0.25) is 9.69 Å². The number of hydrogen-bond acceptors (Lipinski definition) is 2. The van der Waals surface area contributed by atoms with E-state index in [0.29, 0.717) is 44.2 Å². The van der Waals surface area contributed by atoms with Gasteiger partial charge in [-0.25, -0.2) is 4.39 Å². The first-order chi connectivity index (χ1) is 15.9. The van der Waals surface area contributed by atoms with Gasteiger partial charge in [0.05, 0.1) is 5.56 Å². The lowest BCUT2D eigenvalue weighted by atomic mass is 9.88. The molecule has 2 atom stereocenters. The average Bonchev–Trinajstić information content (AvgIpc) is 3.14. The first-order valence-corrected chi connectivity index (χ1v) is 11.9. The summed E-state index contributed by atoms with van der Waals surface area (Å²) in [5, 5.41) is 0. The number of likely N-dealkylation sites (tertiary alicyclic amines) is 1. The van der Waals surface area contributed by atoms with E-state index in [4.69, 9.17) is 0 Å². The molecule has 1 fully saturated rings. The normalized spacial score (nSPS) is 19.2. The highest BCUT2D eigenvalue weighted by atomic mass is 19.4. The minimum atomic E-state index is -4.39. The van der Waals surface area contributed by atoms with Crippen LogP contribution in [0, 0.1) is 23.6 Å². The maximum atomic E-state index is 14.0. The van der Waals surface area contributed by atoms with Crippen molar-refractivity contribution in [3.05, 3.63) is 71.0 Å². The Bertz CT molecular complexity index is 973. The van der Waals surface area contributed by atoms with Crippen LogP contribution in [0.3, 0.4) is 0 Å². The van der Waals surface area contributed by atoms with Gasteiger partial charge in [-0.15, -0.1) is 0 Å². The number of carbonyl (C=O) groups is 1. The largest absolute Gasteiger partial charge is 0.416 e. The third-order valence-electron chi connectivity index (χ3n) is 6.30. The predicted molar refractivity (Wildman–Crippen MR) is 126 cm³/mol. The van der Waals surface area contributed by atoms with E-state index in [0.717, 1.165) is 11.6 Å². The maximum absolute atomic E-state index is 14.0. The number of rotatable bonds is 8. The highest BCUT2D eigenvalue weighted by molar-refractivity contribution is 5.78. The molecular weight excluding hydrogens is 444 g/mol. The van der Waals surface area contributed by atoms with Gasteiger partial charge in [0.2, 0.25) is 5.91 Å². The Morgan fingerprint density at radius 3 is 2.38 bits per heavy atom. The van der Waals surface area contributed by atoms with Crippen molar-refractivity contribution in [3.63, 3.8) is 0 Å². The van der Waals surface area contributed by atoms with E-state index in [-0.39, 0.29) is 29.5 Å². The van der Waals surface area contributed by atoms with Gasteiger partial charge in [0, 0.05) is 44.6 Å². The molecule has 2 aromatic rings. The van der Waals surface area contributed by atoms with Gasteiger partial charge in [-0.2, -0.15) is 13.2 Å². The number of nitrogens with zero attached hydrogens (tertiary/aromatic N) is 2. The highest BCUT2D eigenvalue weighted by Crippen LogP contribution is 2.36. The van der Waals surface area contributed by atoms with Crippen LogP contribution in [0.25, 0.3) is 0 Å². The quantitative estimate of drug-likeness (QED) is 0.422. The van der Waals surface area contributed by atoms with Crippen molar-refractivity contribution in [1.82, 2.24) is 9.80 Å². The highest BCUT2D eigenvalue weighted by Gasteiger charge is 2.37. The molecule has 0 N–H and O–H groups in total. The second-order valence-corrected chi connectivity index (χ2v) is 10.1. The van der Waals surface area contributed by atoms with Gasteiger partial charge in [0.15, 0.2) is 0 Å². The van der Waals surface area contributed by atoms with Gasteiger partial charge in [0.1, 0.15) is 5.82 Å². The summed E-state index contributed by atoms with van der Waals surface area (Å²) in [5.41, 5.74) is 0.789. The number of amides is 1. The molecule has 1 aliphatic heterocycles. The Morgan fingerprint density at radius 1 is 1.06 bits per heavy atom. The molecule has 2 aromatic carbocycles. The summed E-state index contributed by atoms with van der Waals surface area (Å²) in [5.74, 6) is -0.0232. The van der Waals surface area contributed by atoms with E-state index >= 15 is 0 Å². The fourth-order valence-corrected chi connectivity index (χ4v) is 4.84. The molecule has 7 heteroatoms. The van der Waals surface area contributed by atoms with E-state index in [2.05, 4.69) is 18.7 Å². The molecule has 0 aliphatic carbocycles. The molecule has 3 nitrogen and oxygen atoms in total. The number of alkyl halides is 3. The fourth-order valence-electron chi connectivity index (χ4n) is 4.84. The molecule has 0 aromatic heterocycles. The van der Waals surface area contributed by atoms with Crippen LogP contribution >= 0.6 is 0 Å². The Morgan fingerprint density at radius 2 is 1.76 bits per heavy atom. The van der Waals surface area contributed by atoms with Crippen LogP contribution in [0.2, 0.25) is 0 Å². The third-order valence-corrected chi connectivity index (χ3v) is 6.30. The van der Waals surface area contributed by atoms with Crippen molar-refractivity contribution < 1.29 is 22.4 Å². The lowest BCUT2D eigenvalue weighted by molar-refractivity contribution is -0.137. The molecule has 3 rings (SSSR count). The summed E-state index contributed by atoms with van der Waals surface area (Å²) in [6.07, 6.45) is -4.39. The zero-order valence-corrected chi connectivity index (χ0v) is 20.3.